The maximum atomic E-state index is 13.4. The van der Waals surface area contributed by atoms with Crippen molar-refractivity contribution < 1.29 is 9.00 Å². The number of carbonyl (C=O) groups is 1. The first kappa shape index (κ1) is 26.7. The average Bonchev–Trinajstić information content (AvgIpc) is 3.36. The lowest BCUT2D eigenvalue weighted by Crippen LogP contribution is -2.45. The van der Waals surface area contributed by atoms with Crippen LogP contribution in [0.4, 0.5) is 10.6 Å². The zero-order valence-corrected chi connectivity index (χ0v) is 24.7. The number of hydrogen-bond acceptors (Lipinski definition) is 5. The van der Waals surface area contributed by atoms with Gasteiger partial charge in [0.25, 0.3) is 0 Å². The van der Waals surface area contributed by atoms with Gasteiger partial charge in [-0.2, -0.15) is 0 Å². The molecule has 7 nitrogen and oxygen atoms in total. The number of likely N-dealkylation sites (N-methyl/N-ethyl adjacent to an activating group) is 1. The number of pyridine rings is 1. The zero-order chi connectivity index (χ0) is 26.4. The van der Waals surface area contributed by atoms with Gasteiger partial charge in [-0.3, -0.25) is 9.11 Å². The summed E-state index contributed by atoms with van der Waals surface area (Å²) < 4.78 is 12.2. The highest BCUT2D eigenvalue weighted by Gasteiger charge is 2.51. The molecule has 0 aromatic carbocycles. The molecule has 194 valence electrons. The number of rotatable bonds is 5. The van der Waals surface area contributed by atoms with Gasteiger partial charge in [-0.1, -0.05) is 60.3 Å². The van der Waals surface area contributed by atoms with E-state index in [1.54, 1.807) is 17.4 Å². The minimum atomic E-state index is -1.99. The van der Waals surface area contributed by atoms with E-state index >= 15 is 0 Å². The van der Waals surface area contributed by atoms with Crippen molar-refractivity contribution in [3.05, 3.63) is 17.8 Å². The van der Waals surface area contributed by atoms with Gasteiger partial charge >= 0.3 is 6.03 Å². The van der Waals surface area contributed by atoms with Crippen molar-refractivity contribution in [1.82, 2.24) is 19.9 Å². The summed E-state index contributed by atoms with van der Waals surface area (Å²) in [5.74, 6) is 4.14. The molecule has 0 radical (unpaired) electrons. The summed E-state index contributed by atoms with van der Waals surface area (Å²) in [6.07, 6.45) is 7.37. The number of hydrogen-bond donors (Lipinski definition) is 0. The molecule has 2 aliphatic rings. The van der Waals surface area contributed by atoms with E-state index in [2.05, 4.69) is 63.0 Å². The van der Waals surface area contributed by atoms with Gasteiger partial charge in [0.1, 0.15) is 13.9 Å². The van der Waals surface area contributed by atoms with Gasteiger partial charge in [-0.25, -0.2) is 19.7 Å². The summed E-state index contributed by atoms with van der Waals surface area (Å²) in [6.45, 7) is 14.5. The Hall–Kier alpha value is -2.31. The summed E-state index contributed by atoms with van der Waals surface area (Å²) in [6, 6.07) is 1.92. The molecule has 1 spiro atoms. The molecule has 3 heterocycles. The van der Waals surface area contributed by atoms with Crippen molar-refractivity contribution >= 4 is 41.8 Å². The molecule has 1 aliphatic carbocycles. The Labute approximate surface area is 218 Å². The summed E-state index contributed by atoms with van der Waals surface area (Å²) in [4.78, 5) is 30.8. The second kappa shape index (κ2) is 9.86. The van der Waals surface area contributed by atoms with E-state index in [9.17, 15) is 9.00 Å². The fourth-order valence-electron chi connectivity index (χ4n) is 6.65. The maximum Gasteiger partial charge on any atom is 0.326 e. The quantitative estimate of drug-likeness (QED) is 0.292. The molecule has 36 heavy (non-hydrogen) atoms. The molecule has 1 saturated carbocycles. The molecule has 2 fully saturated rings. The highest BCUT2D eigenvalue weighted by molar-refractivity contribution is 7.84. The van der Waals surface area contributed by atoms with Gasteiger partial charge < -0.3 is 4.90 Å². The number of nitrogens with zero attached hydrogens (tertiary/aromatic N) is 5. The van der Waals surface area contributed by atoms with Crippen LogP contribution in [0.5, 0.6) is 0 Å². The number of anilines is 1. The van der Waals surface area contributed by atoms with E-state index in [4.69, 9.17) is 4.98 Å². The van der Waals surface area contributed by atoms with Crippen LogP contribution >= 0.6 is 0 Å². The smallest absolute Gasteiger partial charge is 0.325 e. The van der Waals surface area contributed by atoms with Crippen LogP contribution in [0, 0.1) is 11.5 Å². The Morgan fingerprint density at radius 1 is 1.06 bits per heavy atom. The lowest BCUT2D eigenvalue weighted by Gasteiger charge is -2.38. The van der Waals surface area contributed by atoms with Crippen LogP contribution < -0.4 is 4.90 Å². The lowest BCUT2D eigenvalue weighted by atomic mass is 9.96. The fraction of sp³-hybridized carbons (Fsp3) is 0.630. The topological polar surface area (TPSA) is 79.3 Å². The Balaban J connectivity index is 1.96. The lowest BCUT2D eigenvalue weighted by molar-refractivity contribution is 0.229. The molecule has 1 atom stereocenters. The van der Waals surface area contributed by atoms with Crippen LogP contribution in [0.25, 0.3) is 11.0 Å². The molecule has 9 heteroatoms. The second-order valence-electron chi connectivity index (χ2n) is 11.4. The zero-order valence-electron chi connectivity index (χ0n) is 22.9. The molecule has 2 aromatic heterocycles. The third kappa shape index (κ3) is 4.36. The minimum Gasteiger partial charge on any atom is -0.325 e. The van der Waals surface area contributed by atoms with Crippen molar-refractivity contribution in [3.63, 3.8) is 0 Å². The molecule has 1 unspecified atom stereocenters. The molecule has 2 amide bonds. The van der Waals surface area contributed by atoms with E-state index in [1.165, 1.54) is 0 Å². The number of carbonyl (C=O) groups excluding carboxylic acids is 1. The number of amides is 2. The molecule has 1 aliphatic heterocycles. The third-order valence-corrected chi connectivity index (χ3v) is 15.4. The van der Waals surface area contributed by atoms with Crippen molar-refractivity contribution in [2.45, 2.75) is 94.5 Å². The van der Waals surface area contributed by atoms with Crippen LogP contribution in [-0.2, 0) is 10.8 Å². The first-order valence-electron chi connectivity index (χ1n) is 13.0. The van der Waals surface area contributed by atoms with Gasteiger partial charge in [0.15, 0.2) is 5.65 Å². The highest BCUT2D eigenvalue weighted by atomic mass is 32.2. The fourth-order valence-corrected chi connectivity index (χ4v) is 12.3. The molecular weight excluding hydrogens is 486 g/mol. The first-order chi connectivity index (χ1) is 16.9. The summed E-state index contributed by atoms with van der Waals surface area (Å²) in [5, 5.41) is 0.974. The normalized spacial score (nSPS) is 18.7. The second-order valence-corrected chi connectivity index (χ2v) is 18.3. The molecule has 4 rings (SSSR count). The van der Waals surface area contributed by atoms with Gasteiger partial charge in [0.2, 0.25) is 5.16 Å². The Morgan fingerprint density at radius 3 is 2.22 bits per heavy atom. The first-order valence-corrected chi connectivity index (χ1v) is 16.8. The average molecular weight is 526 g/mol. The summed E-state index contributed by atoms with van der Waals surface area (Å²) in [7, 11) is -1.47. The Kier molecular flexibility index (Phi) is 7.33. The highest BCUT2D eigenvalue weighted by Crippen LogP contribution is 2.44. The van der Waals surface area contributed by atoms with E-state index < -0.39 is 18.9 Å². The molecular formula is C27H39N5O2SSi. The largest absolute Gasteiger partial charge is 0.326 e. The van der Waals surface area contributed by atoms with Gasteiger partial charge in [0, 0.05) is 31.6 Å². The molecule has 2 aromatic rings. The number of aromatic nitrogens is 3. The van der Waals surface area contributed by atoms with Gasteiger partial charge in [0.05, 0.1) is 21.7 Å². The predicted molar refractivity (Wildman–Crippen MR) is 149 cm³/mol. The summed E-state index contributed by atoms with van der Waals surface area (Å²) >= 11 is 0. The van der Waals surface area contributed by atoms with Crippen LogP contribution in [-0.4, -0.2) is 63.6 Å². The standard InChI is InChI=1S/C27H39N5O2SSi/c1-18(2)36(19(3)4,20(5)6)14-11-21-15-23(29-24-22(21)16-28-25(30-24)35(8)34)32-26(33)31(7)17-27(32)12-9-10-13-27/h15-16,18-20H,9-10,12-13,17H2,1-8H3. The van der Waals surface area contributed by atoms with Crippen molar-refractivity contribution in [2.24, 2.45) is 0 Å². The Morgan fingerprint density at radius 2 is 1.67 bits per heavy atom. The van der Waals surface area contributed by atoms with Crippen LogP contribution in [0.15, 0.2) is 17.4 Å². The van der Waals surface area contributed by atoms with Crippen molar-refractivity contribution in [1.29, 1.82) is 0 Å². The van der Waals surface area contributed by atoms with Gasteiger partial charge in [-0.05, 0) is 35.5 Å². The van der Waals surface area contributed by atoms with Gasteiger partial charge in [-0.15, -0.1) is 5.54 Å². The molecule has 1 saturated heterocycles. The number of urea groups is 1. The van der Waals surface area contributed by atoms with Crippen LogP contribution in [0.1, 0.15) is 72.8 Å². The number of fused-ring (bicyclic) bond motifs is 1. The minimum absolute atomic E-state index is 0.0359. The molecule has 0 N–H and O–H groups in total. The third-order valence-electron chi connectivity index (χ3n) is 8.35. The van der Waals surface area contributed by atoms with E-state index in [0.29, 0.717) is 34.6 Å². The molecule has 0 bridgehead atoms. The monoisotopic (exact) mass is 525 g/mol. The van der Waals surface area contributed by atoms with Crippen LogP contribution in [0.2, 0.25) is 16.6 Å². The Bertz CT molecular complexity index is 1240. The predicted octanol–water partition coefficient (Wildman–Crippen LogP) is 5.52. The van der Waals surface area contributed by atoms with Crippen molar-refractivity contribution in [2.75, 3.05) is 24.7 Å². The van der Waals surface area contributed by atoms with E-state index in [0.717, 1.165) is 36.6 Å². The van der Waals surface area contributed by atoms with E-state index in [-0.39, 0.29) is 16.7 Å². The maximum absolute atomic E-state index is 13.4. The SMILES string of the molecule is CC(C)[Si](C#Cc1cc(N2C(=O)N(C)CC23CCCC3)nc2nc(S(C)=O)ncc12)(C(C)C)C(C)C. The van der Waals surface area contributed by atoms with Crippen LogP contribution in [0.3, 0.4) is 0 Å². The summed E-state index contributed by atoms with van der Waals surface area (Å²) in [5.41, 5.74) is 6.29. The van der Waals surface area contributed by atoms with Crippen molar-refractivity contribution in [3.8, 4) is 11.5 Å². The van der Waals surface area contributed by atoms with E-state index in [1.807, 2.05) is 18.0 Å².